The smallest absolute Gasteiger partial charge is 0.252 e. The number of amides is 1. The first-order valence-corrected chi connectivity index (χ1v) is 4.82. The van der Waals surface area contributed by atoms with Gasteiger partial charge in [-0.3, -0.25) is 4.79 Å². The number of hydrogen-bond donors (Lipinski definition) is 2. The summed E-state index contributed by atoms with van der Waals surface area (Å²) < 4.78 is 5.41. The molecular weight excluding hydrogens is 168 g/mol. The Morgan fingerprint density at radius 3 is 2.85 bits per heavy atom. The summed E-state index contributed by atoms with van der Waals surface area (Å²) >= 11 is 0. The number of ether oxygens (including phenoxy) is 1. The summed E-state index contributed by atoms with van der Waals surface area (Å²) in [6, 6.07) is 0.350. The highest BCUT2D eigenvalue weighted by molar-refractivity contribution is 5.85. The lowest BCUT2D eigenvalue weighted by atomic mass is 10.0. The van der Waals surface area contributed by atoms with E-state index in [-0.39, 0.29) is 18.0 Å². The van der Waals surface area contributed by atoms with Gasteiger partial charge in [-0.05, 0) is 26.2 Å². The molecule has 1 saturated heterocycles. The third-order valence-electron chi connectivity index (χ3n) is 2.86. The van der Waals surface area contributed by atoms with Crippen molar-refractivity contribution in [2.24, 2.45) is 5.73 Å². The SMILES string of the molecule is CC1(C(=O)NC2CC2N)CCCO1. The van der Waals surface area contributed by atoms with Crippen LogP contribution in [0.15, 0.2) is 0 Å². The van der Waals surface area contributed by atoms with E-state index in [4.69, 9.17) is 10.5 Å². The number of carbonyl (C=O) groups is 1. The molecule has 2 fully saturated rings. The van der Waals surface area contributed by atoms with Gasteiger partial charge in [-0.1, -0.05) is 0 Å². The quantitative estimate of drug-likeness (QED) is 0.623. The van der Waals surface area contributed by atoms with Crippen LogP contribution in [0.25, 0.3) is 0 Å². The van der Waals surface area contributed by atoms with Crippen LogP contribution in [0.5, 0.6) is 0 Å². The molecule has 0 aromatic rings. The lowest BCUT2D eigenvalue weighted by Gasteiger charge is -2.21. The zero-order valence-electron chi connectivity index (χ0n) is 7.88. The maximum atomic E-state index is 11.7. The fourth-order valence-corrected chi connectivity index (χ4v) is 1.66. The summed E-state index contributed by atoms with van der Waals surface area (Å²) in [6.07, 6.45) is 2.70. The minimum Gasteiger partial charge on any atom is -0.365 e. The standard InChI is InChI=1S/C9H16N2O2/c1-9(3-2-4-13-9)8(12)11-7-5-6(7)10/h6-7H,2-5,10H2,1H3,(H,11,12). The van der Waals surface area contributed by atoms with Crippen LogP contribution in [0, 0.1) is 0 Å². The minimum atomic E-state index is -0.595. The average molecular weight is 184 g/mol. The molecule has 0 spiro atoms. The number of hydrogen-bond acceptors (Lipinski definition) is 3. The molecule has 0 aromatic carbocycles. The van der Waals surface area contributed by atoms with Crippen LogP contribution in [-0.2, 0) is 9.53 Å². The number of nitrogens with two attached hydrogens (primary N) is 1. The van der Waals surface area contributed by atoms with E-state index in [9.17, 15) is 4.79 Å². The molecule has 4 heteroatoms. The molecule has 2 aliphatic rings. The van der Waals surface area contributed by atoms with Crippen molar-refractivity contribution >= 4 is 5.91 Å². The molecule has 0 aromatic heterocycles. The second kappa shape index (κ2) is 2.96. The Labute approximate surface area is 77.8 Å². The molecule has 74 valence electrons. The first-order valence-electron chi connectivity index (χ1n) is 4.82. The highest BCUT2D eigenvalue weighted by atomic mass is 16.5. The second-order valence-electron chi connectivity index (χ2n) is 4.16. The third-order valence-corrected chi connectivity index (χ3v) is 2.86. The van der Waals surface area contributed by atoms with Gasteiger partial charge in [0.15, 0.2) is 0 Å². The molecule has 3 unspecified atom stereocenters. The van der Waals surface area contributed by atoms with E-state index in [0.29, 0.717) is 6.61 Å². The van der Waals surface area contributed by atoms with Crippen molar-refractivity contribution < 1.29 is 9.53 Å². The summed E-state index contributed by atoms with van der Waals surface area (Å²) in [7, 11) is 0. The second-order valence-corrected chi connectivity index (χ2v) is 4.16. The molecule has 1 aliphatic heterocycles. The summed E-state index contributed by atoms with van der Waals surface area (Å²) in [6.45, 7) is 2.55. The van der Waals surface area contributed by atoms with Gasteiger partial charge in [0.1, 0.15) is 5.60 Å². The van der Waals surface area contributed by atoms with Crippen LogP contribution in [0.4, 0.5) is 0 Å². The highest BCUT2D eigenvalue weighted by Gasteiger charge is 2.42. The highest BCUT2D eigenvalue weighted by Crippen LogP contribution is 2.27. The van der Waals surface area contributed by atoms with Gasteiger partial charge >= 0.3 is 0 Å². The van der Waals surface area contributed by atoms with E-state index < -0.39 is 5.60 Å². The first kappa shape index (κ1) is 8.97. The van der Waals surface area contributed by atoms with Crippen molar-refractivity contribution in [1.82, 2.24) is 5.32 Å². The summed E-state index contributed by atoms with van der Waals surface area (Å²) in [4.78, 5) is 11.7. The van der Waals surface area contributed by atoms with Gasteiger partial charge in [-0.2, -0.15) is 0 Å². The third kappa shape index (κ3) is 1.69. The molecular formula is C9H16N2O2. The fraction of sp³-hybridized carbons (Fsp3) is 0.889. The largest absolute Gasteiger partial charge is 0.365 e. The predicted molar refractivity (Wildman–Crippen MR) is 48.1 cm³/mol. The van der Waals surface area contributed by atoms with Gasteiger partial charge in [0, 0.05) is 18.7 Å². The van der Waals surface area contributed by atoms with Crippen LogP contribution >= 0.6 is 0 Å². The fourth-order valence-electron chi connectivity index (χ4n) is 1.66. The Hall–Kier alpha value is -0.610. The lowest BCUT2D eigenvalue weighted by Crippen LogP contribution is -2.45. The van der Waals surface area contributed by atoms with Crippen LogP contribution in [0.3, 0.4) is 0 Å². The zero-order chi connectivity index (χ0) is 9.47. The maximum Gasteiger partial charge on any atom is 0.252 e. The Bertz CT molecular complexity index is 224. The van der Waals surface area contributed by atoms with E-state index in [1.54, 1.807) is 0 Å². The van der Waals surface area contributed by atoms with E-state index in [1.807, 2.05) is 6.92 Å². The minimum absolute atomic E-state index is 0.00273. The summed E-state index contributed by atoms with van der Waals surface area (Å²) in [5, 5.41) is 2.90. The van der Waals surface area contributed by atoms with Crippen molar-refractivity contribution in [1.29, 1.82) is 0 Å². The monoisotopic (exact) mass is 184 g/mol. The molecule has 3 atom stereocenters. The van der Waals surface area contributed by atoms with Crippen molar-refractivity contribution in [3.8, 4) is 0 Å². The van der Waals surface area contributed by atoms with E-state index in [2.05, 4.69) is 5.32 Å². The molecule has 1 aliphatic carbocycles. The Balaban J connectivity index is 1.88. The number of carbonyl (C=O) groups excluding carboxylic acids is 1. The van der Waals surface area contributed by atoms with E-state index >= 15 is 0 Å². The van der Waals surface area contributed by atoms with Crippen molar-refractivity contribution in [3.05, 3.63) is 0 Å². The van der Waals surface area contributed by atoms with Crippen LogP contribution in [0.1, 0.15) is 26.2 Å². The van der Waals surface area contributed by atoms with Crippen molar-refractivity contribution in [3.63, 3.8) is 0 Å². The Kier molecular flexibility index (Phi) is 2.04. The first-order chi connectivity index (χ1) is 6.12. The van der Waals surface area contributed by atoms with Gasteiger partial charge < -0.3 is 15.8 Å². The maximum absolute atomic E-state index is 11.7. The van der Waals surface area contributed by atoms with Gasteiger partial charge in [0.25, 0.3) is 5.91 Å². The van der Waals surface area contributed by atoms with Crippen LogP contribution in [-0.4, -0.2) is 30.2 Å². The molecule has 3 N–H and O–H groups in total. The molecule has 0 radical (unpaired) electrons. The Morgan fingerprint density at radius 2 is 2.38 bits per heavy atom. The van der Waals surface area contributed by atoms with Gasteiger partial charge in [0.05, 0.1) is 0 Å². The van der Waals surface area contributed by atoms with Crippen LogP contribution < -0.4 is 11.1 Å². The molecule has 0 bridgehead atoms. The van der Waals surface area contributed by atoms with Gasteiger partial charge in [-0.25, -0.2) is 0 Å². The normalized spacial score (nSPS) is 43.2. The van der Waals surface area contributed by atoms with Gasteiger partial charge in [0.2, 0.25) is 0 Å². The van der Waals surface area contributed by atoms with Crippen molar-refractivity contribution in [2.45, 2.75) is 43.9 Å². The predicted octanol–water partition coefficient (Wildman–Crippen LogP) is -0.229. The Morgan fingerprint density at radius 1 is 1.69 bits per heavy atom. The summed E-state index contributed by atoms with van der Waals surface area (Å²) in [5.41, 5.74) is 5.01. The summed E-state index contributed by atoms with van der Waals surface area (Å²) in [5.74, 6) is 0.00273. The molecule has 4 nitrogen and oxygen atoms in total. The molecule has 2 rings (SSSR count). The van der Waals surface area contributed by atoms with Gasteiger partial charge in [-0.15, -0.1) is 0 Å². The molecule has 1 amide bonds. The van der Waals surface area contributed by atoms with Crippen molar-refractivity contribution in [2.75, 3.05) is 6.61 Å². The topological polar surface area (TPSA) is 64.4 Å². The van der Waals surface area contributed by atoms with Crippen LogP contribution in [0.2, 0.25) is 0 Å². The average Bonchev–Trinajstić information content (AvgIpc) is 2.62. The molecule has 1 heterocycles. The number of nitrogens with one attached hydrogen (secondary N) is 1. The van der Waals surface area contributed by atoms with E-state index in [1.165, 1.54) is 0 Å². The van der Waals surface area contributed by atoms with E-state index in [0.717, 1.165) is 19.3 Å². The zero-order valence-corrected chi connectivity index (χ0v) is 7.88. The molecule has 13 heavy (non-hydrogen) atoms. The number of rotatable bonds is 2. The molecule has 1 saturated carbocycles. The lowest BCUT2D eigenvalue weighted by molar-refractivity contribution is -0.139.